The Bertz CT molecular complexity index is 757. The first kappa shape index (κ1) is 16.1. The zero-order chi connectivity index (χ0) is 17.0. The second-order valence-corrected chi connectivity index (χ2v) is 6.08. The molecule has 1 fully saturated rings. The number of carbonyl (C=O) groups is 1. The molecule has 1 saturated heterocycles. The molecular formula is C20H20N2O2. The van der Waals surface area contributed by atoms with Crippen LogP contribution in [0.1, 0.15) is 28.8 Å². The molecule has 2 aromatic rings. The van der Waals surface area contributed by atoms with Gasteiger partial charge >= 0.3 is 0 Å². The molecule has 0 spiro atoms. The van der Waals surface area contributed by atoms with Crippen LogP contribution in [0, 0.1) is 11.3 Å². The molecule has 0 atom stereocenters. The summed E-state index contributed by atoms with van der Waals surface area (Å²) in [4.78, 5) is 14.5. The summed E-state index contributed by atoms with van der Waals surface area (Å²) in [6, 6.07) is 19.6. The van der Waals surface area contributed by atoms with E-state index in [0.717, 1.165) is 5.56 Å². The fourth-order valence-corrected chi connectivity index (χ4v) is 3.25. The van der Waals surface area contributed by atoms with Crippen molar-refractivity contribution in [1.29, 1.82) is 5.26 Å². The number of rotatable bonds is 3. The number of amides is 1. The molecule has 2 aromatic carbocycles. The number of nitrogens with zero attached hydrogens (tertiary/aromatic N) is 2. The fraction of sp³-hybridized carbons (Fsp3) is 0.300. The van der Waals surface area contributed by atoms with Gasteiger partial charge in [0.1, 0.15) is 5.75 Å². The van der Waals surface area contributed by atoms with Gasteiger partial charge in [-0.05, 0) is 36.6 Å². The van der Waals surface area contributed by atoms with Crippen LogP contribution in [0.2, 0.25) is 0 Å². The molecule has 0 bridgehead atoms. The predicted octanol–water partition coefficient (Wildman–Crippen LogP) is 3.39. The Morgan fingerprint density at radius 3 is 2.46 bits per heavy atom. The summed E-state index contributed by atoms with van der Waals surface area (Å²) in [7, 11) is 1.59. The van der Waals surface area contributed by atoms with Gasteiger partial charge in [0.2, 0.25) is 0 Å². The first-order valence-electron chi connectivity index (χ1n) is 8.09. The molecule has 3 rings (SSSR count). The third kappa shape index (κ3) is 2.98. The largest absolute Gasteiger partial charge is 0.497 e. The van der Waals surface area contributed by atoms with E-state index in [4.69, 9.17) is 4.74 Å². The van der Waals surface area contributed by atoms with Crippen LogP contribution in [0.3, 0.4) is 0 Å². The average molecular weight is 320 g/mol. The third-order valence-corrected chi connectivity index (χ3v) is 4.76. The quantitative estimate of drug-likeness (QED) is 0.871. The lowest BCUT2D eigenvalue weighted by molar-refractivity contribution is 0.0691. The van der Waals surface area contributed by atoms with Crippen LogP contribution in [-0.4, -0.2) is 31.0 Å². The first-order chi connectivity index (χ1) is 11.7. The van der Waals surface area contributed by atoms with E-state index < -0.39 is 5.41 Å². The number of piperidine rings is 1. The number of ether oxygens (including phenoxy) is 1. The molecule has 1 heterocycles. The van der Waals surface area contributed by atoms with Crippen molar-refractivity contribution in [3.05, 3.63) is 65.7 Å². The fourth-order valence-electron chi connectivity index (χ4n) is 3.25. The van der Waals surface area contributed by atoms with E-state index in [1.807, 2.05) is 47.4 Å². The smallest absolute Gasteiger partial charge is 0.253 e. The van der Waals surface area contributed by atoms with Crippen LogP contribution >= 0.6 is 0 Å². The molecule has 0 N–H and O–H groups in total. The number of hydrogen-bond acceptors (Lipinski definition) is 3. The average Bonchev–Trinajstić information content (AvgIpc) is 2.68. The van der Waals surface area contributed by atoms with Crippen molar-refractivity contribution in [3.63, 3.8) is 0 Å². The molecular weight excluding hydrogens is 300 g/mol. The first-order valence-corrected chi connectivity index (χ1v) is 8.09. The summed E-state index contributed by atoms with van der Waals surface area (Å²) < 4.78 is 5.19. The van der Waals surface area contributed by atoms with Crippen LogP contribution in [0.4, 0.5) is 0 Å². The van der Waals surface area contributed by atoms with E-state index in [2.05, 4.69) is 6.07 Å². The van der Waals surface area contributed by atoms with Gasteiger partial charge in [-0.3, -0.25) is 4.79 Å². The van der Waals surface area contributed by atoms with Gasteiger partial charge in [-0.2, -0.15) is 5.26 Å². The minimum absolute atomic E-state index is 0.00602. The Morgan fingerprint density at radius 1 is 1.12 bits per heavy atom. The Balaban J connectivity index is 1.74. The van der Waals surface area contributed by atoms with Gasteiger partial charge in [0, 0.05) is 18.7 Å². The van der Waals surface area contributed by atoms with Crippen molar-refractivity contribution in [2.45, 2.75) is 18.3 Å². The van der Waals surface area contributed by atoms with E-state index in [9.17, 15) is 10.1 Å². The van der Waals surface area contributed by atoms with Gasteiger partial charge in [0.25, 0.3) is 5.91 Å². The molecule has 0 aliphatic carbocycles. The van der Waals surface area contributed by atoms with Crippen molar-refractivity contribution >= 4 is 5.91 Å². The highest BCUT2D eigenvalue weighted by atomic mass is 16.5. The van der Waals surface area contributed by atoms with Crippen molar-refractivity contribution in [1.82, 2.24) is 4.90 Å². The second-order valence-electron chi connectivity index (χ2n) is 6.08. The molecule has 0 unspecified atom stereocenters. The topological polar surface area (TPSA) is 53.3 Å². The third-order valence-electron chi connectivity index (χ3n) is 4.76. The highest BCUT2D eigenvalue weighted by Crippen LogP contribution is 2.35. The molecule has 4 nitrogen and oxygen atoms in total. The molecule has 1 amide bonds. The Kier molecular flexibility index (Phi) is 4.52. The molecule has 24 heavy (non-hydrogen) atoms. The zero-order valence-electron chi connectivity index (χ0n) is 13.7. The molecule has 0 saturated carbocycles. The number of benzene rings is 2. The van der Waals surface area contributed by atoms with E-state index >= 15 is 0 Å². The summed E-state index contributed by atoms with van der Waals surface area (Å²) >= 11 is 0. The number of hydrogen-bond donors (Lipinski definition) is 0. The van der Waals surface area contributed by atoms with Crippen molar-refractivity contribution in [2.24, 2.45) is 0 Å². The summed E-state index contributed by atoms with van der Waals surface area (Å²) in [5.41, 5.74) is 1.17. The van der Waals surface area contributed by atoms with Crippen molar-refractivity contribution in [2.75, 3.05) is 20.2 Å². The Labute approximate surface area is 142 Å². The number of carbonyl (C=O) groups excluding carboxylic acids is 1. The van der Waals surface area contributed by atoms with Gasteiger partial charge < -0.3 is 9.64 Å². The monoisotopic (exact) mass is 320 g/mol. The minimum atomic E-state index is -0.494. The lowest BCUT2D eigenvalue weighted by atomic mass is 9.74. The maximum Gasteiger partial charge on any atom is 0.253 e. The summed E-state index contributed by atoms with van der Waals surface area (Å²) in [5, 5.41) is 9.74. The van der Waals surface area contributed by atoms with Crippen LogP contribution in [0.25, 0.3) is 0 Å². The SMILES string of the molecule is COc1cccc(C(=O)N2CCC(C#N)(c3ccccc3)CC2)c1. The van der Waals surface area contributed by atoms with Crippen molar-refractivity contribution < 1.29 is 9.53 Å². The highest BCUT2D eigenvalue weighted by molar-refractivity contribution is 5.94. The molecule has 4 heteroatoms. The van der Waals surface area contributed by atoms with E-state index in [1.165, 1.54) is 0 Å². The molecule has 1 aliphatic rings. The van der Waals surface area contributed by atoms with Crippen molar-refractivity contribution in [3.8, 4) is 11.8 Å². The van der Waals surface area contributed by atoms with Crippen LogP contribution in [0.5, 0.6) is 5.75 Å². The summed E-state index contributed by atoms with van der Waals surface area (Å²) in [6.45, 7) is 1.16. The molecule has 122 valence electrons. The maximum absolute atomic E-state index is 12.7. The maximum atomic E-state index is 12.7. The Hall–Kier alpha value is -2.80. The second kappa shape index (κ2) is 6.76. The zero-order valence-corrected chi connectivity index (χ0v) is 13.7. The predicted molar refractivity (Wildman–Crippen MR) is 91.9 cm³/mol. The summed E-state index contributed by atoms with van der Waals surface area (Å²) in [5.74, 6) is 0.669. The molecule has 1 aliphatic heterocycles. The van der Waals surface area contributed by atoms with Crippen LogP contribution in [0.15, 0.2) is 54.6 Å². The number of nitriles is 1. The minimum Gasteiger partial charge on any atom is -0.497 e. The summed E-state index contributed by atoms with van der Waals surface area (Å²) in [6.07, 6.45) is 1.31. The molecule has 0 aromatic heterocycles. The molecule has 0 radical (unpaired) electrons. The standard InChI is InChI=1S/C20H20N2O2/c1-24-18-9-5-6-16(14-18)19(23)22-12-10-20(15-21,11-13-22)17-7-3-2-4-8-17/h2-9,14H,10-13H2,1H3. The lowest BCUT2D eigenvalue weighted by Gasteiger charge is -2.37. The van der Waals surface area contributed by atoms with E-state index in [0.29, 0.717) is 37.2 Å². The van der Waals surface area contributed by atoms with E-state index in [-0.39, 0.29) is 5.91 Å². The van der Waals surface area contributed by atoms with Gasteiger partial charge in [-0.25, -0.2) is 0 Å². The normalized spacial score (nSPS) is 16.2. The van der Waals surface area contributed by atoms with Crippen LogP contribution < -0.4 is 4.74 Å². The van der Waals surface area contributed by atoms with Gasteiger partial charge in [0.05, 0.1) is 18.6 Å². The van der Waals surface area contributed by atoms with E-state index in [1.54, 1.807) is 19.2 Å². The van der Waals surface area contributed by atoms with Gasteiger partial charge in [0.15, 0.2) is 0 Å². The van der Waals surface area contributed by atoms with Gasteiger partial charge in [-0.1, -0.05) is 36.4 Å². The Morgan fingerprint density at radius 2 is 1.83 bits per heavy atom. The van der Waals surface area contributed by atoms with Gasteiger partial charge in [-0.15, -0.1) is 0 Å². The highest BCUT2D eigenvalue weighted by Gasteiger charge is 2.37. The number of methoxy groups -OCH3 is 1. The van der Waals surface area contributed by atoms with Crippen LogP contribution in [-0.2, 0) is 5.41 Å². The lowest BCUT2D eigenvalue weighted by Crippen LogP contribution is -2.44. The number of likely N-dealkylation sites (tertiary alicyclic amines) is 1.